The number of sulfonamides is 1. The Morgan fingerprint density at radius 3 is 2.00 bits per heavy atom. The van der Waals surface area contributed by atoms with Crippen molar-refractivity contribution in [3.63, 3.8) is 0 Å². The summed E-state index contributed by atoms with van der Waals surface area (Å²) in [5.41, 5.74) is -1.86. The molecule has 5 rings (SSSR count). The molecule has 13 heteroatoms. The lowest BCUT2D eigenvalue weighted by molar-refractivity contribution is -0.388. The zero-order valence-electron chi connectivity index (χ0n) is 23.0. The van der Waals surface area contributed by atoms with Crippen LogP contribution in [0.25, 0.3) is 0 Å². The summed E-state index contributed by atoms with van der Waals surface area (Å²) < 4.78 is 66.9. The summed E-state index contributed by atoms with van der Waals surface area (Å²) in [5, 5.41) is 12.1. The molecule has 1 amide bonds. The number of nitrogens with zero attached hydrogens (tertiary/aromatic N) is 3. The third kappa shape index (κ3) is 5.90. The van der Waals surface area contributed by atoms with E-state index < -0.39 is 42.7 Å². The summed E-state index contributed by atoms with van der Waals surface area (Å²) in [4.78, 5) is 25.5. The summed E-state index contributed by atoms with van der Waals surface area (Å²) in [6.45, 7) is 1.53. The molecule has 0 unspecified atom stereocenters. The monoisotopic (exact) mass is 627 g/mol. The van der Waals surface area contributed by atoms with Gasteiger partial charge in [0.1, 0.15) is 0 Å². The molecule has 1 aliphatic carbocycles. The van der Waals surface area contributed by atoms with Gasteiger partial charge in [0.15, 0.2) is 4.90 Å². The fraction of sp³-hybridized carbons (Fsp3) is 0.552. The van der Waals surface area contributed by atoms with Crippen LogP contribution in [0.4, 0.5) is 18.9 Å². The smallest absolute Gasteiger partial charge is 0.342 e. The van der Waals surface area contributed by atoms with Gasteiger partial charge in [-0.1, -0.05) is 36.6 Å². The van der Waals surface area contributed by atoms with Crippen LogP contribution in [0.3, 0.4) is 0 Å². The summed E-state index contributed by atoms with van der Waals surface area (Å²) >= 11 is 6.09. The minimum absolute atomic E-state index is 0.129. The Bertz CT molecular complexity index is 1430. The largest absolute Gasteiger partial charge is 0.416 e. The molecule has 0 radical (unpaired) electrons. The maximum atomic E-state index is 13.8. The lowest BCUT2D eigenvalue weighted by Gasteiger charge is -2.42. The molecule has 2 aliphatic heterocycles. The van der Waals surface area contributed by atoms with Gasteiger partial charge in [0.25, 0.3) is 5.69 Å². The van der Waals surface area contributed by atoms with Crippen LogP contribution in [-0.2, 0) is 26.4 Å². The quantitative estimate of drug-likeness (QED) is 0.272. The van der Waals surface area contributed by atoms with Crippen molar-refractivity contribution in [3.8, 4) is 0 Å². The van der Waals surface area contributed by atoms with Gasteiger partial charge in [-0.2, -0.15) is 17.5 Å². The molecule has 8 nitrogen and oxygen atoms in total. The molecule has 42 heavy (non-hydrogen) atoms. The van der Waals surface area contributed by atoms with Gasteiger partial charge in [0.2, 0.25) is 15.9 Å². The van der Waals surface area contributed by atoms with E-state index in [4.69, 9.17) is 11.6 Å². The average molecular weight is 628 g/mol. The van der Waals surface area contributed by atoms with Crippen molar-refractivity contribution in [2.45, 2.75) is 67.9 Å². The van der Waals surface area contributed by atoms with Gasteiger partial charge in [0, 0.05) is 37.3 Å². The maximum absolute atomic E-state index is 13.8. The number of amides is 1. The highest BCUT2D eigenvalue weighted by molar-refractivity contribution is 7.89. The molecule has 2 heterocycles. The third-order valence-electron chi connectivity index (χ3n) is 9.36. The van der Waals surface area contributed by atoms with Crippen LogP contribution < -0.4 is 0 Å². The Morgan fingerprint density at radius 2 is 1.48 bits per heavy atom. The molecule has 0 N–H and O–H groups in total. The molecule has 3 aliphatic rings. The first-order valence-electron chi connectivity index (χ1n) is 14.2. The number of rotatable bonds is 6. The van der Waals surface area contributed by atoms with Gasteiger partial charge in [-0.05, 0) is 80.2 Å². The van der Waals surface area contributed by atoms with E-state index in [0.29, 0.717) is 49.0 Å². The number of alkyl halides is 3. The van der Waals surface area contributed by atoms with Crippen LogP contribution in [0.5, 0.6) is 0 Å². The van der Waals surface area contributed by atoms with Crippen molar-refractivity contribution in [2.24, 2.45) is 11.8 Å². The van der Waals surface area contributed by atoms with Crippen LogP contribution in [0.15, 0.2) is 47.4 Å². The van der Waals surface area contributed by atoms with Crippen LogP contribution in [-0.4, -0.2) is 54.6 Å². The van der Waals surface area contributed by atoms with Crippen LogP contribution in [0.1, 0.15) is 62.5 Å². The SMILES string of the molecule is O=C(N1CCC(C2CCN(S(=O)(=O)c3ccc(C(F)(F)F)cc3[N+](=O)[O-])CC2)CC1)C1(c2ccc(Cl)cc2)CCCC1. The Hall–Kier alpha value is -2.70. The Kier molecular flexibility index (Phi) is 8.61. The number of hydrogen-bond acceptors (Lipinski definition) is 5. The van der Waals surface area contributed by atoms with Gasteiger partial charge in [0.05, 0.1) is 15.9 Å². The van der Waals surface area contributed by atoms with Crippen molar-refractivity contribution >= 4 is 33.2 Å². The second-order valence-electron chi connectivity index (χ2n) is 11.6. The van der Waals surface area contributed by atoms with Gasteiger partial charge < -0.3 is 4.90 Å². The summed E-state index contributed by atoms with van der Waals surface area (Å²) in [6.07, 6.45) is 1.51. The van der Waals surface area contributed by atoms with Gasteiger partial charge in [-0.3, -0.25) is 14.9 Å². The van der Waals surface area contributed by atoms with Gasteiger partial charge >= 0.3 is 6.18 Å². The lowest BCUT2D eigenvalue weighted by Crippen LogP contribution is -2.49. The van der Waals surface area contributed by atoms with E-state index in [-0.39, 0.29) is 31.0 Å². The zero-order valence-corrected chi connectivity index (χ0v) is 24.6. The highest BCUT2D eigenvalue weighted by Gasteiger charge is 2.46. The van der Waals surface area contributed by atoms with Gasteiger partial charge in [-0.15, -0.1) is 0 Å². The minimum atomic E-state index is -4.83. The summed E-state index contributed by atoms with van der Waals surface area (Å²) in [6, 6.07) is 9.09. The van der Waals surface area contributed by atoms with Gasteiger partial charge in [-0.25, -0.2) is 8.42 Å². The number of piperidine rings is 2. The number of nitro benzene ring substituents is 1. The first-order chi connectivity index (χ1) is 19.8. The highest BCUT2D eigenvalue weighted by Crippen LogP contribution is 2.44. The number of hydrogen-bond donors (Lipinski definition) is 0. The standard InChI is InChI=1S/C29H33ClF3N3O5S/c30-24-6-3-22(4-7-24)28(13-1-2-14-28)27(37)34-15-9-20(10-16-34)21-11-17-35(18-12-21)42(40,41)26-8-5-23(29(31,32)33)19-25(26)36(38)39/h3-8,19-21H,1-2,9-18H2. The molecule has 0 bridgehead atoms. The van der Waals surface area contributed by atoms with Crippen LogP contribution in [0.2, 0.25) is 5.02 Å². The first-order valence-corrected chi connectivity index (χ1v) is 16.1. The second-order valence-corrected chi connectivity index (χ2v) is 13.9. The van der Waals surface area contributed by atoms with Crippen molar-refractivity contribution in [1.82, 2.24) is 9.21 Å². The molecule has 228 valence electrons. The molecule has 0 atom stereocenters. The van der Waals surface area contributed by atoms with Crippen molar-refractivity contribution in [2.75, 3.05) is 26.2 Å². The van der Waals surface area contributed by atoms with Crippen LogP contribution >= 0.6 is 11.6 Å². The molecule has 0 spiro atoms. The maximum Gasteiger partial charge on any atom is 0.416 e. The molecule has 1 saturated carbocycles. The Labute approximate surface area is 248 Å². The third-order valence-corrected chi connectivity index (χ3v) is 11.6. The van der Waals surface area contributed by atoms with E-state index in [1.54, 1.807) is 0 Å². The lowest BCUT2D eigenvalue weighted by atomic mass is 9.75. The Morgan fingerprint density at radius 1 is 0.929 bits per heavy atom. The van der Waals surface area contributed by atoms with Crippen LogP contribution in [0, 0.1) is 22.0 Å². The molecular weight excluding hydrogens is 595 g/mol. The van der Waals surface area contributed by atoms with E-state index in [9.17, 15) is 36.5 Å². The van der Waals surface area contributed by atoms with Crippen molar-refractivity contribution in [3.05, 3.63) is 68.7 Å². The summed E-state index contributed by atoms with van der Waals surface area (Å²) in [7, 11) is -4.36. The number of halogens is 4. The number of carbonyl (C=O) groups is 1. The average Bonchev–Trinajstić information content (AvgIpc) is 3.48. The van der Waals surface area contributed by atoms with Crippen molar-refractivity contribution < 1.29 is 31.3 Å². The predicted molar refractivity (Wildman–Crippen MR) is 150 cm³/mol. The fourth-order valence-corrected chi connectivity index (χ4v) is 8.76. The molecular formula is C29H33ClF3N3O5S. The van der Waals surface area contributed by atoms with E-state index >= 15 is 0 Å². The van der Waals surface area contributed by atoms with E-state index in [1.807, 2.05) is 29.2 Å². The number of benzene rings is 2. The predicted octanol–water partition coefficient (Wildman–Crippen LogP) is 6.42. The molecule has 2 aromatic rings. The van der Waals surface area contributed by atoms with Crippen molar-refractivity contribution in [1.29, 1.82) is 0 Å². The molecule has 0 aromatic heterocycles. The molecule has 2 aromatic carbocycles. The molecule has 2 saturated heterocycles. The van der Waals surface area contributed by atoms with E-state index in [1.165, 1.54) is 0 Å². The topological polar surface area (TPSA) is 101 Å². The second kappa shape index (κ2) is 11.8. The summed E-state index contributed by atoms with van der Waals surface area (Å²) in [5.74, 6) is 0.710. The Balaban J connectivity index is 1.21. The van der Waals surface area contributed by atoms with E-state index in [0.717, 1.165) is 48.4 Å². The number of nitro groups is 1. The molecule has 3 fully saturated rings. The first kappa shape index (κ1) is 30.7. The number of likely N-dealkylation sites (tertiary alicyclic amines) is 1. The highest BCUT2D eigenvalue weighted by atomic mass is 35.5. The minimum Gasteiger partial charge on any atom is -0.342 e. The number of carbonyl (C=O) groups excluding carboxylic acids is 1. The van der Waals surface area contributed by atoms with E-state index in [2.05, 4.69) is 0 Å². The normalized spacial score (nSPS) is 21.0. The zero-order chi connectivity index (χ0) is 30.3. The fourth-order valence-electron chi connectivity index (χ4n) is 7.03.